The molecule has 6 nitrogen and oxygen atoms in total. The maximum atomic E-state index is 12.8. The Morgan fingerprint density at radius 3 is 2.33 bits per heavy atom. The number of carbonyl (C=O) groups excluding carboxylic acids is 3. The van der Waals surface area contributed by atoms with Crippen molar-refractivity contribution in [3.05, 3.63) is 65.7 Å². The van der Waals surface area contributed by atoms with Crippen molar-refractivity contribution in [2.24, 2.45) is 0 Å². The Balaban J connectivity index is 1.98. The average molecular weight is 429 g/mol. The second-order valence-electron chi connectivity index (χ2n) is 6.73. The number of amides is 2. The van der Waals surface area contributed by atoms with E-state index in [0.717, 1.165) is 18.6 Å². The summed E-state index contributed by atoms with van der Waals surface area (Å²) < 4.78 is 5.18. The maximum Gasteiger partial charge on any atom is 0.338 e. The average Bonchev–Trinajstić information content (AvgIpc) is 2.77. The molecule has 0 bridgehead atoms. The molecule has 30 heavy (non-hydrogen) atoms. The van der Waals surface area contributed by atoms with Gasteiger partial charge in [-0.2, -0.15) is 11.8 Å². The first-order valence-electron chi connectivity index (χ1n) is 9.98. The van der Waals surface area contributed by atoms with E-state index >= 15 is 0 Å². The number of rotatable bonds is 11. The first-order chi connectivity index (χ1) is 14.5. The SMILES string of the molecule is CCCCOC(=O)c1ccc(NC(=O)C(CCSC)NC(=O)c2ccccc2)cc1. The van der Waals surface area contributed by atoms with Gasteiger partial charge in [0.15, 0.2) is 0 Å². The fourth-order valence-corrected chi connectivity index (χ4v) is 3.12. The molecule has 0 fully saturated rings. The van der Waals surface area contributed by atoms with E-state index in [-0.39, 0.29) is 17.8 Å². The van der Waals surface area contributed by atoms with Gasteiger partial charge in [0.25, 0.3) is 5.91 Å². The van der Waals surface area contributed by atoms with Crippen LogP contribution in [0.15, 0.2) is 54.6 Å². The Labute approximate surface area is 181 Å². The molecule has 0 heterocycles. The summed E-state index contributed by atoms with van der Waals surface area (Å²) in [5.41, 5.74) is 1.49. The number of thioether (sulfide) groups is 1. The summed E-state index contributed by atoms with van der Waals surface area (Å²) >= 11 is 1.61. The molecular weight excluding hydrogens is 400 g/mol. The maximum absolute atomic E-state index is 12.8. The quantitative estimate of drug-likeness (QED) is 0.415. The fraction of sp³-hybridized carbons (Fsp3) is 0.348. The van der Waals surface area contributed by atoms with Crippen LogP contribution in [0.25, 0.3) is 0 Å². The zero-order valence-corrected chi connectivity index (χ0v) is 18.2. The molecule has 2 aromatic carbocycles. The fourth-order valence-electron chi connectivity index (χ4n) is 2.65. The van der Waals surface area contributed by atoms with E-state index in [0.29, 0.717) is 29.8 Å². The van der Waals surface area contributed by atoms with Gasteiger partial charge in [-0.3, -0.25) is 9.59 Å². The molecule has 2 N–H and O–H groups in total. The molecule has 2 rings (SSSR count). The number of benzene rings is 2. The molecule has 0 saturated heterocycles. The Morgan fingerprint density at radius 1 is 1.00 bits per heavy atom. The van der Waals surface area contributed by atoms with Crippen molar-refractivity contribution in [2.75, 3.05) is 23.9 Å². The van der Waals surface area contributed by atoms with Gasteiger partial charge in [-0.15, -0.1) is 0 Å². The molecule has 160 valence electrons. The van der Waals surface area contributed by atoms with Crippen molar-refractivity contribution in [3.63, 3.8) is 0 Å². The Bertz CT molecular complexity index is 825. The zero-order valence-electron chi connectivity index (χ0n) is 17.4. The number of esters is 1. The third kappa shape index (κ3) is 7.55. The smallest absolute Gasteiger partial charge is 0.338 e. The topological polar surface area (TPSA) is 84.5 Å². The van der Waals surface area contributed by atoms with Crippen LogP contribution in [-0.4, -0.2) is 42.4 Å². The number of carbonyl (C=O) groups is 3. The van der Waals surface area contributed by atoms with Gasteiger partial charge in [-0.1, -0.05) is 31.5 Å². The monoisotopic (exact) mass is 428 g/mol. The zero-order chi connectivity index (χ0) is 21.8. The molecule has 0 aromatic heterocycles. The van der Waals surface area contributed by atoms with Crippen LogP contribution in [0.5, 0.6) is 0 Å². The third-order valence-electron chi connectivity index (χ3n) is 4.39. The predicted octanol–water partition coefficient (Wildman–Crippen LogP) is 4.13. The van der Waals surface area contributed by atoms with Crippen molar-refractivity contribution >= 4 is 35.2 Å². The van der Waals surface area contributed by atoms with E-state index in [2.05, 4.69) is 10.6 Å². The highest BCUT2D eigenvalue weighted by Gasteiger charge is 2.21. The molecule has 1 atom stereocenters. The van der Waals surface area contributed by atoms with E-state index in [1.165, 1.54) is 0 Å². The normalized spacial score (nSPS) is 11.4. The van der Waals surface area contributed by atoms with E-state index in [9.17, 15) is 14.4 Å². The predicted molar refractivity (Wildman–Crippen MR) is 121 cm³/mol. The number of hydrogen-bond donors (Lipinski definition) is 2. The highest BCUT2D eigenvalue weighted by Crippen LogP contribution is 2.13. The molecule has 0 radical (unpaired) electrons. The van der Waals surface area contributed by atoms with E-state index < -0.39 is 6.04 Å². The summed E-state index contributed by atoms with van der Waals surface area (Å²) in [7, 11) is 0. The van der Waals surface area contributed by atoms with E-state index in [1.807, 2.05) is 19.2 Å². The molecule has 0 spiro atoms. The minimum Gasteiger partial charge on any atom is -0.462 e. The van der Waals surface area contributed by atoms with Gasteiger partial charge >= 0.3 is 5.97 Å². The molecule has 0 aliphatic heterocycles. The second-order valence-corrected chi connectivity index (χ2v) is 7.72. The Kier molecular flexibility index (Phi) is 9.94. The van der Waals surface area contributed by atoms with E-state index in [4.69, 9.17) is 4.74 Å². The molecule has 2 aromatic rings. The molecule has 7 heteroatoms. The third-order valence-corrected chi connectivity index (χ3v) is 5.03. The first kappa shape index (κ1) is 23.5. The van der Waals surface area contributed by atoms with Gasteiger partial charge in [0.05, 0.1) is 12.2 Å². The lowest BCUT2D eigenvalue weighted by Gasteiger charge is -2.18. The lowest BCUT2D eigenvalue weighted by atomic mass is 10.1. The van der Waals surface area contributed by atoms with Crippen LogP contribution >= 0.6 is 11.8 Å². The van der Waals surface area contributed by atoms with Crippen LogP contribution < -0.4 is 10.6 Å². The van der Waals surface area contributed by atoms with E-state index in [1.54, 1.807) is 60.3 Å². The number of hydrogen-bond acceptors (Lipinski definition) is 5. The molecule has 2 amide bonds. The van der Waals surface area contributed by atoms with Crippen molar-refractivity contribution in [1.29, 1.82) is 0 Å². The Hall–Kier alpha value is -2.80. The van der Waals surface area contributed by atoms with Crippen LogP contribution in [0.2, 0.25) is 0 Å². The number of nitrogens with one attached hydrogen (secondary N) is 2. The van der Waals surface area contributed by atoms with Crippen molar-refractivity contribution in [3.8, 4) is 0 Å². The summed E-state index contributed by atoms with van der Waals surface area (Å²) in [6, 6.07) is 14.7. The highest BCUT2D eigenvalue weighted by atomic mass is 32.2. The molecule has 1 unspecified atom stereocenters. The van der Waals surface area contributed by atoms with Crippen LogP contribution in [0.1, 0.15) is 46.9 Å². The second kappa shape index (κ2) is 12.7. The number of unbranched alkanes of at least 4 members (excludes halogenated alkanes) is 1. The Morgan fingerprint density at radius 2 is 1.70 bits per heavy atom. The largest absolute Gasteiger partial charge is 0.462 e. The molecule has 0 aliphatic carbocycles. The van der Waals surface area contributed by atoms with Gasteiger partial charge in [0.1, 0.15) is 6.04 Å². The van der Waals surface area contributed by atoms with Crippen LogP contribution in [0.3, 0.4) is 0 Å². The number of anilines is 1. The molecular formula is C23H28N2O4S. The summed E-state index contributed by atoms with van der Waals surface area (Å²) in [6.45, 7) is 2.42. The van der Waals surface area contributed by atoms with Crippen molar-refractivity contribution < 1.29 is 19.1 Å². The lowest BCUT2D eigenvalue weighted by molar-refractivity contribution is -0.118. The van der Waals surface area contributed by atoms with Crippen LogP contribution in [0.4, 0.5) is 5.69 Å². The number of ether oxygens (including phenoxy) is 1. The summed E-state index contributed by atoms with van der Waals surface area (Å²) in [4.78, 5) is 37.2. The first-order valence-corrected chi connectivity index (χ1v) is 11.4. The highest BCUT2D eigenvalue weighted by molar-refractivity contribution is 7.98. The lowest BCUT2D eigenvalue weighted by Crippen LogP contribution is -2.44. The van der Waals surface area contributed by atoms with Crippen molar-refractivity contribution in [2.45, 2.75) is 32.2 Å². The minimum atomic E-state index is -0.663. The van der Waals surface area contributed by atoms with Crippen LogP contribution in [-0.2, 0) is 9.53 Å². The molecule has 0 saturated carbocycles. The summed E-state index contributed by atoms with van der Waals surface area (Å²) in [5.74, 6) is -0.238. The van der Waals surface area contributed by atoms with Crippen LogP contribution in [0, 0.1) is 0 Å². The standard InChI is InChI=1S/C23H28N2O4S/c1-3-4-15-29-23(28)18-10-12-19(13-11-18)24-22(27)20(14-16-30-2)25-21(26)17-8-6-5-7-9-17/h5-13,20H,3-4,14-16H2,1-2H3,(H,24,27)(H,25,26). The summed E-state index contributed by atoms with van der Waals surface area (Å²) in [6.07, 6.45) is 4.24. The van der Waals surface area contributed by atoms with Gasteiger partial charge < -0.3 is 15.4 Å². The van der Waals surface area contributed by atoms with Crippen molar-refractivity contribution in [1.82, 2.24) is 5.32 Å². The van der Waals surface area contributed by atoms with Gasteiger partial charge in [-0.25, -0.2) is 4.79 Å². The summed E-state index contributed by atoms with van der Waals surface area (Å²) in [5, 5.41) is 5.62. The van der Waals surface area contributed by atoms with Gasteiger partial charge in [0.2, 0.25) is 5.91 Å². The minimum absolute atomic E-state index is 0.290. The van der Waals surface area contributed by atoms with Gasteiger partial charge in [-0.05, 0) is 61.2 Å². The molecule has 0 aliphatic rings. The van der Waals surface area contributed by atoms with Gasteiger partial charge in [0, 0.05) is 11.3 Å².